The Bertz CT molecular complexity index is 564. The maximum atomic E-state index is 5.56. The van der Waals surface area contributed by atoms with E-state index < -0.39 is 0 Å². The molecule has 0 aliphatic heterocycles. The highest BCUT2D eigenvalue weighted by molar-refractivity contribution is 9.10. The molecule has 0 bridgehead atoms. The molecule has 0 amide bonds. The van der Waals surface area contributed by atoms with E-state index in [0.29, 0.717) is 12.2 Å². The second kappa shape index (κ2) is 4.93. The van der Waals surface area contributed by atoms with E-state index in [-0.39, 0.29) is 4.99 Å². The first-order valence-electron chi connectivity index (χ1n) is 5.03. The van der Waals surface area contributed by atoms with Crippen LogP contribution in [-0.2, 0) is 6.54 Å². The largest absolute Gasteiger partial charge is 0.388 e. The molecule has 0 atom stereocenters. The van der Waals surface area contributed by atoms with E-state index >= 15 is 0 Å². The fourth-order valence-electron chi connectivity index (χ4n) is 1.53. The lowest BCUT2D eigenvalue weighted by molar-refractivity contribution is 0.632. The van der Waals surface area contributed by atoms with E-state index in [2.05, 4.69) is 26.2 Å². The monoisotopic (exact) mass is 310 g/mol. The molecule has 2 aromatic rings. The minimum atomic E-state index is 0.279. The quantitative estimate of drug-likeness (QED) is 0.881. The van der Waals surface area contributed by atoms with Crippen LogP contribution in [0.5, 0.6) is 0 Å². The van der Waals surface area contributed by atoms with Crippen LogP contribution in [0.15, 0.2) is 28.7 Å². The molecule has 6 heteroatoms. The minimum Gasteiger partial charge on any atom is -0.388 e. The molecule has 2 N–H and O–H groups in total. The van der Waals surface area contributed by atoms with Gasteiger partial charge in [-0.1, -0.05) is 51.6 Å². The predicted molar refractivity (Wildman–Crippen MR) is 73.9 cm³/mol. The molecule has 0 saturated heterocycles. The molecular formula is C11H11BrN4S. The molecule has 17 heavy (non-hydrogen) atoms. The van der Waals surface area contributed by atoms with Gasteiger partial charge in [0.15, 0.2) is 0 Å². The molecule has 2 rings (SSSR count). The Morgan fingerprint density at radius 2 is 2.18 bits per heavy atom. The molecule has 88 valence electrons. The van der Waals surface area contributed by atoms with Gasteiger partial charge in [0.2, 0.25) is 0 Å². The zero-order valence-corrected chi connectivity index (χ0v) is 11.6. The Morgan fingerprint density at radius 1 is 1.47 bits per heavy atom. The van der Waals surface area contributed by atoms with E-state index in [1.165, 1.54) is 0 Å². The molecule has 1 aromatic heterocycles. The van der Waals surface area contributed by atoms with Crippen LogP contribution in [0, 0.1) is 6.92 Å². The second-order valence-electron chi connectivity index (χ2n) is 3.64. The lowest BCUT2D eigenvalue weighted by Crippen LogP contribution is -2.12. The highest BCUT2D eigenvalue weighted by Crippen LogP contribution is 2.17. The second-order valence-corrected chi connectivity index (χ2v) is 4.93. The van der Waals surface area contributed by atoms with Crippen LogP contribution in [0.25, 0.3) is 0 Å². The summed E-state index contributed by atoms with van der Waals surface area (Å²) in [5.41, 5.74) is 8.16. The van der Waals surface area contributed by atoms with E-state index in [1.807, 2.05) is 31.2 Å². The summed E-state index contributed by atoms with van der Waals surface area (Å²) in [5.74, 6) is 0. The molecule has 4 nitrogen and oxygen atoms in total. The third-order valence-electron chi connectivity index (χ3n) is 2.49. The topological polar surface area (TPSA) is 56.7 Å². The molecular weight excluding hydrogens is 300 g/mol. The Morgan fingerprint density at radius 3 is 2.76 bits per heavy atom. The average molecular weight is 311 g/mol. The summed E-state index contributed by atoms with van der Waals surface area (Å²) in [6.45, 7) is 2.55. The Balaban J connectivity index is 2.31. The zero-order chi connectivity index (χ0) is 12.4. The van der Waals surface area contributed by atoms with Gasteiger partial charge in [-0.25, -0.2) is 4.68 Å². The first kappa shape index (κ1) is 12.2. The van der Waals surface area contributed by atoms with E-state index in [0.717, 1.165) is 15.7 Å². The van der Waals surface area contributed by atoms with Crippen LogP contribution in [0.4, 0.5) is 0 Å². The summed E-state index contributed by atoms with van der Waals surface area (Å²) >= 11 is 8.41. The lowest BCUT2D eigenvalue weighted by atomic mass is 10.2. The molecule has 0 aliphatic carbocycles. The first-order valence-corrected chi connectivity index (χ1v) is 6.23. The van der Waals surface area contributed by atoms with Gasteiger partial charge in [-0.2, -0.15) is 0 Å². The fraction of sp³-hybridized carbons (Fsp3) is 0.182. The Kier molecular flexibility index (Phi) is 3.54. The third-order valence-corrected chi connectivity index (χ3v) is 3.46. The molecule has 0 unspecified atom stereocenters. The number of halogens is 1. The van der Waals surface area contributed by atoms with Crippen LogP contribution in [-0.4, -0.2) is 20.0 Å². The molecule has 0 radical (unpaired) electrons. The number of rotatable bonds is 3. The van der Waals surface area contributed by atoms with Crippen molar-refractivity contribution in [2.75, 3.05) is 0 Å². The molecule has 1 aromatic carbocycles. The van der Waals surface area contributed by atoms with Crippen molar-refractivity contribution in [3.8, 4) is 0 Å². The van der Waals surface area contributed by atoms with Crippen molar-refractivity contribution >= 4 is 33.1 Å². The van der Waals surface area contributed by atoms with Crippen LogP contribution in [0.2, 0.25) is 0 Å². The van der Waals surface area contributed by atoms with Gasteiger partial charge in [0, 0.05) is 4.47 Å². The molecule has 1 heterocycles. The summed E-state index contributed by atoms with van der Waals surface area (Å²) in [4.78, 5) is 0.279. The van der Waals surface area contributed by atoms with Crippen molar-refractivity contribution in [3.05, 3.63) is 45.7 Å². The fourth-order valence-corrected chi connectivity index (χ4v) is 2.12. The zero-order valence-electron chi connectivity index (χ0n) is 9.22. The molecule has 0 fully saturated rings. The number of hydrogen-bond acceptors (Lipinski definition) is 3. The standard InChI is InChI=1S/C11H11BrN4S/c1-7-10(11(13)17)14-15-16(7)6-8-4-2-3-5-9(8)12/h2-5H,6H2,1H3,(H2,13,17). The van der Waals surface area contributed by atoms with Crippen molar-refractivity contribution in [2.45, 2.75) is 13.5 Å². The molecule has 0 saturated carbocycles. The maximum Gasteiger partial charge on any atom is 0.142 e. The van der Waals surface area contributed by atoms with Crippen LogP contribution in [0.3, 0.4) is 0 Å². The number of thiocarbonyl (C=S) groups is 1. The maximum absolute atomic E-state index is 5.56. The summed E-state index contributed by atoms with van der Waals surface area (Å²) in [5, 5.41) is 8.02. The van der Waals surface area contributed by atoms with Crippen molar-refractivity contribution in [1.29, 1.82) is 0 Å². The minimum absolute atomic E-state index is 0.279. The summed E-state index contributed by atoms with van der Waals surface area (Å²) in [6, 6.07) is 7.99. The van der Waals surface area contributed by atoms with Crippen LogP contribution in [0.1, 0.15) is 17.0 Å². The highest BCUT2D eigenvalue weighted by Gasteiger charge is 2.11. The number of benzene rings is 1. The lowest BCUT2D eigenvalue weighted by Gasteiger charge is -2.05. The highest BCUT2D eigenvalue weighted by atomic mass is 79.9. The van der Waals surface area contributed by atoms with Gasteiger partial charge >= 0.3 is 0 Å². The normalized spacial score (nSPS) is 10.5. The Labute approximate surface area is 113 Å². The number of aromatic nitrogens is 3. The number of nitrogens with two attached hydrogens (primary N) is 1. The van der Waals surface area contributed by atoms with Gasteiger partial charge < -0.3 is 5.73 Å². The first-order chi connectivity index (χ1) is 8.09. The summed E-state index contributed by atoms with van der Waals surface area (Å²) < 4.78 is 2.83. The van der Waals surface area contributed by atoms with Crippen molar-refractivity contribution in [2.24, 2.45) is 5.73 Å². The van der Waals surface area contributed by atoms with Gasteiger partial charge in [0.25, 0.3) is 0 Å². The van der Waals surface area contributed by atoms with Crippen molar-refractivity contribution < 1.29 is 0 Å². The third kappa shape index (κ3) is 2.53. The van der Waals surface area contributed by atoms with E-state index in [4.69, 9.17) is 18.0 Å². The van der Waals surface area contributed by atoms with Gasteiger partial charge in [-0.15, -0.1) is 5.10 Å². The van der Waals surface area contributed by atoms with Gasteiger partial charge in [-0.3, -0.25) is 0 Å². The predicted octanol–water partition coefficient (Wildman–Crippen LogP) is 2.03. The van der Waals surface area contributed by atoms with Crippen LogP contribution < -0.4 is 5.73 Å². The summed E-state index contributed by atoms with van der Waals surface area (Å²) in [7, 11) is 0. The smallest absolute Gasteiger partial charge is 0.142 e. The van der Waals surface area contributed by atoms with Gasteiger partial charge in [-0.05, 0) is 18.6 Å². The molecule has 0 spiro atoms. The van der Waals surface area contributed by atoms with Gasteiger partial charge in [0.05, 0.1) is 12.2 Å². The molecule has 0 aliphatic rings. The van der Waals surface area contributed by atoms with Gasteiger partial charge in [0.1, 0.15) is 10.7 Å². The average Bonchev–Trinajstić information content (AvgIpc) is 2.64. The Hall–Kier alpha value is -1.27. The van der Waals surface area contributed by atoms with E-state index in [9.17, 15) is 0 Å². The van der Waals surface area contributed by atoms with Crippen LogP contribution >= 0.6 is 28.1 Å². The summed E-state index contributed by atoms with van der Waals surface area (Å²) in [6.07, 6.45) is 0. The van der Waals surface area contributed by atoms with Crippen molar-refractivity contribution in [3.63, 3.8) is 0 Å². The van der Waals surface area contributed by atoms with E-state index in [1.54, 1.807) is 4.68 Å². The number of hydrogen-bond donors (Lipinski definition) is 1. The SMILES string of the molecule is Cc1c(C(N)=S)nnn1Cc1ccccc1Br. The van der Waals surface area contributed by atoms with Crippen molar-refractivity contribution in [1.82, 2.24) is 15.0 Å². The number of nitrogens with zero attached hydrogens (tertiary/aromatic N) is 3.